The summed E-state index contributed by atoms with van der Waals surface area (Å²) in [5.41, 5.74) is 10.8. The van der Waals surface area contributed by atoms with Crippen LogP contribution in [0.2, 0.25) is 0 Å². The fourth-order valence-corrected chi connectivity index (χ4v) is 2.09. The SMILES string of the molecule is CC(C)C[C@H](NC(=O)[C@@H](N)C(C)C)C(=O)N[C@@H](CCC(N)=O)C(=O)O. The maximum absolute atomic E-state index is 12.4. The van der Waals surface area contributed by atoms with Crippen molar-refractivity contribution in [3.8, 4) is 0 Å². The average Bonchev–Trinajstić information content (AvgIpc) is 2.48. The van der Waals surface area contributed by atoms with Crippen molar-refractivity contribution in [1.29, 1.82) is 0 Å². The molecule has 0 aromatic rings. The number of carbonyl (C=O) groups is 4. The Kier molecular flexibility index (Phi) is 9.73. The van der Waals surface area contributed by atoms with Crippen molar-refractivity contribution < 1.29 is 24.3 Å². The minimum Gasteiger partial charge on any atom is -0.480 e. The Balaban J connectivity index is 5.05. The number of carboxylic acids is 1. The lowest BCUT2D eigenvalue weighted by molar-refractivity contribution is -0.142. The third kappa shape index (κ3) is 9.04. The lowest BCUT2D eigenvalue weighted by Gasteiger charge is -2.24. The van der Waals surface area contributed by atoms with Crippen LogP contribution in [-0.2, 0) is 19.2 Å². The quantitative estimate of drug-likeness (QED) is 0.329. The second-order valence-electron chi connectivity index (χ2n) is 6.86. The minimum absolute atomic E-state index is 0.0835. The van der Waals surface area contributed by atoms with E-state index in [-0.39, 0.29) is 24.7 Å². The molecule has 9 nitrogen and oxygen atoms in total. The van der Waals surface area contributed by atoms with Gasteiger partial charge in [-0.1, -0.05) is 27.7 Å². The fourth-order valence-electron chi connectivity index (χ4n) is 2.09. The van der Waals surface area contributed by atoms with E-state index in [1.807, 2.05) is 13.8 Å². The molecule has 0 spiro atoms. The summed E-state index contributed by atoms with van der Waals surface area (Å²) in [4.78, 5) is 46.6. The van der Waals surface area contributed by atoms with Crippen LogP contribution >= 0.6 is 0 Å². The molecule has 0 aliphatic carbocycles. The van der Waals surface area contributed by atoms with Crippen LogP contribution in [0, 0.1) is 11.8 Å². The highest BCUT2D eigenvalue weighted by molar-refractivity contribution is 5.92. The zero-order valence-corrected chi connectivity index (χ0v) is 15.2. The highest BCUT2D eigenvalue weighted by Gasteiger charge is 2.29. The number of carbonyl (C=O) groups excluding carboxylic acids is 3. The highest BCUT2D eigenvalue weighted by atomic mass is 16.4. The lowest BCUT2D eigenvalue weighted by atomic mass is 10.00. The van der Waals surface area contributed by atoms with Gasteiger partial charge in [-0.25, -0.2) is 4.79 Å². The first-order chi connectivity index (χ1) is 11.5. The molecule has 144 valence electrons. The van der Waals surface area contributed by atoms with Crippen LogP contribution in [0.15, 0.2) is 0 Å². The second kappa shape index (κ2) is 10.7. The Morgan fingerprint density at radius 2 is 1.48 bits per heavy atom. The minimum atomic E-state index is -1.27. The molecule has 0 saturated carbocycles. The van der Waals surface area contributed by atoms with Gasteiger partial charge in [0.05, 0.1) is 6.04 Å². The molecule has 0 aromatic carbocycles. The van der Waals surface area contributed by atoms with Crippen LogP contribution in [0.4, 0.5) is 0 Å². The van der Waals surface area contributed by atoms with Gasteiger partial charge in [0, 0.05) is 6.42 Å². The van der Waals surface area contributed by atoms with E-state index in [4.69, 9.17) is 16.6 Å². The van der Waals surface area contributed by atoms with E-state index in [2.05, 4.69) is 10.6 Å². The van der Waals surface area contributed by atoms with Gasteiger partial charge in [-0.3, -0.25) is 14.4 Å². The van der Waals surface area contributed by atoms with Gasteiger partial charge >= 0.3 is 5.97 Å². The molecule has 0 fully saturated rings. The molecule has 0 aliphatic rings. The van der Waals surface area contributed by atoms with E-state index in [1.54, 1.807) is 13.8 Å². The molecule has 0 radical (unpaired) electrons. The molecule has 3 atom stereocenters. The molecule has 9 heteroatoms. The molecular weight excluding hydrogens is 328 g/mol. The van der Waals surface area contributed by atoms with Crippen LogP contribution in [0.25, 0.3) is 0 Å². The number of hydrogen-bond acceptors (Lipinski definition) is 5. The Bertz CT molecular complexity index is 493. The van der Waals surface area contributed by atoms with Crippen LogP contribution < -0.4 is 22.1 Å². The number of aliphatic carboxylic acids is 1. The molecule has 0 unspecified atom stereocenters. The molecule has 0 heterocycles. The van der Waals surface area contributed by atoms with Crippen molar-refractivity contribution in [1.82, 2.24) is 10.6 Å². The van der Waals surface area contributed by atoms with Crippen molar-refractivity contribution in [2.24, 2.45) is 23.3 Å². The molecule has 0 aliphatic heterocycles. The topological polar surface area (TPSA) is 165 Å². The summed E-state index contributed by atoms with van der Waals surface area (Å²) >= 11 is 0. The lowest BCUT2D eigenvalue weighted by Crippen LogP contribution is -2.55. The zero-order valence-electron chi connectivity index (χ0n) is 15.2. The van der Waals surface area contributed by atoms with Gasteiger partial charge in [0.15, 0.2) is 0 Å². The Labute approximate surface area is 147 Å². The average molecular weight is 358 g/mol. The summed E-state index contributed by atoms with van der Waals surface area (Å²) < 4.78 is 0. The van der Waals surface area contributed by atoms with Crippen LogP contribution in [0.3, 0.4) is 0 Å². The summed E-state index contributed by atoms with van der Waals surface area (Å²) in [7, 11) is 0. The monoisotopic (exact) mass is 358 g/mol. The number of amides is 3. The third-order valence-electron chi connectivity index (χ3n) is 3.66. The van der Waals surface area contributed by atoms with Gasteiger partial charge in [-0.15, -0.1) is 0 Å². The molecule has 25 heavy (non-hydrogen) atoms. The Hall–Kier alpha value is -2.16. The number of hydrogen-bond donors (Lipinski definition) is 5. The maximum atomic E-state index is 12.4. The van der Waals surface area contributed by atoms with Crippen LogP contribution in [0.1, 0.15) is 47.0 Å². The van der Waals surface area contributed by atoms with Crippen molar-refractivity contribution in [3.05, 3.63) is 0 Å². The van der Waals surface area contributed by atoms with E-state index >= 15 is 0 Å². The van der Waals surface area contributed by atoms with Gasteiger partial charge < -0.3 is 27.2 Å². The van der Waals surface area contributed by atoms with Gasteiger partial charge in [0.2, 0.25) is 17.7 Å². The van der Waals surface area contributed by atoms with E-state index in [9.17, 15) is 19.2 Å². The first-order valence-electron chi connectivity index (χ1n) is 8.33. The Morgan fingerprint density at radius 1 is 0.960 bits per heavy atom. The number of carboxylic acid groups (broad SMARTS) is 1. The zero-order chi connectivity index (χ0) is 19.7. The van der Waals surface area contributed by atoms with Crippen LogP contribution in [-0.4, -0.2) is 46.9 Å². The fraction of sp³-hybridized carbons (Fsp3) is 0.750. The second-order valence-corrected chi connectivity index (χ2v) is 6.86. The Morgan fingerprint density at radius 3 is 1.88 bits per heavy atom. The normalized spacial score (nSPS) is 14.7. The van der Waals surface area contributed by atoms with Gasteiger partial charge in [-0.2, -0.15) is 0 Å². The van der Waals surface area contributed by atoms with Gasteiger partial charge in [0.1, 0.15) is 12.1 Å². The molecular formula is C16H30N4O5. The van der Waals surface area contributed by atoms with Gasteiger partial charge in [0.25, 0.3) is 0 Å². The van der Waals surface area contributed by atoms with E-state index < -0.39 is 41.8 Å². The van der Waals surface area contributed by atoms with Crippen molar-refractivity contribution in [2.45, 2.75) is 65.1 Å². The van der Waals surface area contributed by atoms with E-state index in [0.29, 0.717) is 6.42 Å². The summed E-state index contributed by atoms with van der Waals surface area (Å²) in [5, 5.41) is 14.1. The summed E-state index contributed by atoms with van der Waals surface area (Å²) in [5.74, 6) is -3.06. The number of nitrogens with two attached hydrogens (primary N) is 2. The van der Waals surface area contributed by atoms with Crippen molar-refractivity contribution in [3.63, 3.8) is 0 Å². The first-order valence-corrected chi connectivity index (χ1v) is 8.33. The third-order valence-corrected chi connectivity index (χ3v) is 3.66. The molecule has 0 saturated heterocycles. The predicted octanol–water partition coefficient (Wildman–Crippen LogP) is -0.664. The molecule has 3 amide bonds. The predicted molar refractivity (Wildman–Crippen MR) is 92.2 cm³/mol. The first kappa shape index (κ1) is 22.8. The summed E-state index contributed by atoms with van der Waals surface area (Å²) in [6, 6.07) is -2.94. The summed E-state index contributed by atoms with van der Waals surface area (Å²) in [6.45, 7) is 7.31. The maximum Gasteiger partial charge on any atom is 0.326 e. The van der Waals surface area contributed by atoms with Crippen molar-refractivity contribution in [2.75, 3.05) is 0 Å². The van der Waals surface area contributed by atoms with E-state index in [0.717, 1.165) is 0 Å². The van der Waals surface area contributed by atoms with Crippen LogP contribution in [0.5, 0.6) is 0 Å². The van der Waals surface area contributed by atoms with Gasteiger partial charge in [-0.05, 0) is 24.7 Å². The van der Waals surface area contributed by atoms with E-state index in [1.165, 1.54) is 0 Å². The molecule has 7 N–H and O–H groups in total. The van der Waals surface area contributed by atoms with Crippen molar-refractivity contribution >= 4 is 23.7 Å². The highest BCUT2D eigenvalue weighted by Crippen LogP contribution is 2.08. The largest absolute Gasteiger partial charge is 0.480 e. The summed E-state index contributed by atoms with van der Waals surface area (Å²) in [6.07, 6.45) is 0.0332. The smallest absolute Gasteiger partial charge is 0.326 e. The number of primary amides is 1. The molecule has 0 rings (SSSR count). The molecule has 0 aromatic heterocycles. The number of nitrogens with one attached hydrogen (secondary N) is 2. The molecule has 0 bridgehead atoms. The standard InChI is InChI=1S/C16H30N4O5/c1-8(2)7-11(20-15(23)13(18)9(3)4)14(22)19-10(16(24)25)5-6-12(17)21/h8-11,13H,5-7,18H2,1-4H3,(H2,17,21)(H,19,22)(H,20,23)(H,24,25)/t10-,11-,13-/m0/s1. The number of rotatable bonds is 11.